The van der Waals surface area contributed by atoms with E-state index in [9.17, 15) is 19.8 Å². The van der Waals surface area contributed by atoms with Crippen molar-refractivity contribution in [3.05, 3.63) is 23.0 Å². The first-order valence-corrected chi connectivity index (χ1v) is 6.83. The number of rotatable bonds is 0. The SMILES string of the molecule is CC1=C2C(=C[C@]3(O)C(=O)CC[C@H](C)[C@@]3(C)[C@@H]2O)OC1=O. The van der Waals surface area contributed by atoms with Gasteiger partial charge in [0.2, 0.25) is 0 Å². The molecule has 2 N–H and O–H groups in total. The van der Waals surface area contributed by atoms with E-state index in [1.54, 1.807) is 13.8 Å². The van der Waals surface area contributed by atoms with E-state index in [1.807, 2.05) is 6.92 Å². The van der Waals surface area contributed by atoms with E-state index in [0.29, 0.717) is 17.6 Å². The van der Waals surface area contributed by atoms with Crippen molar-refractivity contribution in [3.63, 3.8) is 0 Å². The van der Waals surface area contributed by atoms with Crippen LogP contribution in [0.2, 0.25) is 0 Å². The molecule has 108 valence electrons. The molecule has 1 heterocycles. The molecule has 0 aromatic carbocycles. The molecule has 1 fully saturated rings. The summed E-state index contributed by atoms with van der Waals surface area (Å²) in [4.78, 5) is 23.9. The van der Waals surface area contributed by atoms with Crippen molar-refractivity contribution in [3.8, 4) is 0 Å². The van der Waals surface area contributed by atoms with E-state index < -0.39 is 23.1 Å². The Labute approximate surface area is 116 Å². The zero-order valence-electron chi connectivity index (χ0n) is 11.8. The summed E-state index contributed by atoms with van der Waals surface area (Å²) in [5.74, 6) is -0.794. The van der Waals surface area contributed by atoms with Gasteiger partial charge in [0.1, 0.15) is 5.76 Å². The Morgan fingerprint density at radius 1 is 1.40 bits per heavy atom. The van der Waals surface area contributed by atoms with Crippen molar-refractivity contribution in [1.29, 1.82) is 0 Å². The number of Topliss-reactive ketones (excluding diaryl/α,β-unsaturated/α-hetero) is 1. The number of ether oxygens (including phenoxy) is 1. The second-order valence-corrected chi connectivity index (χ2v) is 6.25. The summed E-state index contributed by atoms with van der Waals surface area (Å²) in [7, 11) is 0. The molecule has 1 aliphatic heterocycles. The Balaban J connectivity index is 2.28. The van der Waals surface area contributed by atoms with Gasteiger partial charge in [0.05, 0.1) is 6.10 Å². The third kappa shape index (κ3) is 1.29. The van der Waals surface area contributed by atoms with Gasteiger partial charge in [-0.3, -0.25) is 4.79 Å². The van der Waals surface area contributed by atoms with Crippen molar-refractivity contribution in [1.82, 2.24) is 0 Å². The summed E-state index contributed by atoms with van der Waals surface area (Å²) in [6.45, 7) is 5.20. The minimum atomic E-state index is -1.78. The second kappa shape index (κ2) is 3.80. The number of ketones is 1. The van der Waals surface area contributed by atoms with E-state index in [-0.39, 0.29) is 23.9 Å². The number of carbonyl (C=O) groups is 2. The predicted octanol–water partition coefficient (Wildman–Crippen LogP) is 0.855. The van der Waals surface area contributed by atoms with E-state index in [2.05, 4.69) is 0 Å². The van der Waals surface area contributed by atoms with Crippen LogP contribution in [0.15, 0.2) is 23.0 Å². The molecule has 3 rings (SSSR count). The van der Waals surface area contributed by atoms with E-state index in [0.717, 1.165) is 0 Å². The molecule has 5 nitrogen and oxygen atoms in total. The fourth-order valence-electron chi connectivity index (χ4n) is 3.69. The molecular weight excluding hydrogens is 260 g/mol. The van der Waals surface area contributed by atoms with Crippen LogP contribution in [0, 0.1) is 11.3 Å². The first kappa shape index (κ1) is 13.5. The summed E-state index contributed by atoms with van der Waals surface area (Å²) in [5, 5.41) is 21.6. The molecule has 0 unspecified atom stereocenters. The van der Waals surface area contributed by atoms with Crippen LogP contribution in [0.5, 0.6) is 0 Å². The average molecular weight is 278 g/mol. The van der Waals surface area contributed by atoms with Gasteiger partial charge in [0.25, 0.3) is 0 Å². The van der Waals surface area contributed by atoms with Crippen molar-refractivity contribution in [2.45, 2.75) is 45.3 Å². The number of hydrogen-bond acceptors (Lipinski definition) is 5. The average Bonchev–Trinajstić information content (AvgIpc) is 2.66. The van der Waals surface area contributed by atoms with Crippen LogP contribution >= 0.6 is 0 Å². The molecule has 20 heavy (non-hydrogen) atoms. The number of aliphatic hydroxyl groups excluding tert-OH is 1. The quantitative estimate of drug-likeness (QED) is 0.642. The normalized spacial score (nSPS) is 44.0. The molecule has 4 atom stereocenters. The van der Waals surface area contributed by atoms with Crippen LogP contribution in [-0.2, 0) is 14.3 Å². The Hall–Kier alpha value is -1.46. The fourth-order valence-corrected chi connectivity index (χ4v) is 3.69. The van der Waals surface area contributed by atoms with Gasteiger partial charge < -0.3 is 14.9 Å². The monoisotopic (exact) mass is 278 g/mol. The number of esters is 1. The summed E-state index contributed by atoms with van der Waals surface area (Å²) < 4.78 is 5.07. The zero-order chi connectivity index (χ0) is 14.9. The lowest BCUT2D eigenvalue weighted by Crippen LogP contribution is -2.64. The molecule has 0 aromatic rings. The number of fused-ring (bicyclic) bond motifs is 2. The molecule has 3 aliphatic rings. The zero-order valence-corrected chi connectivity index (χ0v) is 11.8. The van der Waals surface area contributed by atoms with Crippen LogP contribution < -0.4 is 0 Å². The molecule has 0 bridgehead atoms. The van der Waals surface area contributed by atoms with Gasteiger partial charge in [-0.15, -0.1) is 0 Å². The lowest BCUT2D eigenvalue weighted by molar-refractivity contribution is -0.174. The second-order valence-electron chi connectivity index (χ2n) is 6.25. The van der Waals surface area contributed by atoms with Crippen LogP contribution in [0.1, 0.15) is 33.6 Å². The predicted molar refractivity (Wildman–Crippen MR) is 69.3 cm³/mol. The molecular formula is C15H18O5. The molecule has 5 heteroatoms. The lowest BCUT2D eigenvalue weighted by atomic mass is 9.52. The smallest absolute Gasteiger partial charge is 0.339 e. The standard InChI is InChI=1S/C15H18O5/c1-7-4-5-10(16)15(19)6-9-11(8(2)13(18)20-9)12(17)14(7,15)3/h6-7,12,17,19H,4-5H2,1-3H3/t7-,12+,14-,15-/m0/s1. The minimum absolute atomic E-state index is 0.0611. The van der Waals surface area contributed by atoms with Crippen LogP contribution in [0.4, 0.5) is 0 Å². The van der Waals surface area contributed by atoms with Gasteiger partial charge in [0.15, 0.2) is 11.4 Å². The van der Waals surface area contributed by atoms with E-state index >= 15 is 0 Å². The first-order valence-electron chi connectivity index (χ1n) is 6.83. The summed E-state index contributed by atoms with van der Waals surface area (Å²) in [6.07, 6.45) is 1.09. The molecule has 0 saturated heterocycles. The molecule has 0 radical (unpaired) electrons. The minimum Gasteiger partial charge on any atom is -0.423 e. The number of carbonyl (C=O) groups excluding carboxylic acids is 2. The summed E-state index contributed by atoms with van der Waals surface area (Å²) in [6, 6.07) is 0. The maximum atomic E-state index is 12.2. The number of hydrogen-bond donors (Lipinski definition) is 2. The van der Waals surface area contributed by atoms with Crippen LogP contribution in [-0.4, -0.2) is 33.7 Å². The molecule has 1 saturated carbocycles. The Kier molecular flexibility index (Phi) is 2.57. The van der Waals surface area contributed by atoms with Gasteiger partial charge in [-0.2, -0.15) is 0 Å². The van der Waals surface area contributed by atoms with E-state index in [1.165, 1.54) is 6.08 Å². The maximum Gasteiger partial charge on any atom is 0.339 e. The van der Waals surface area contributed by atoms with E-state index in [4.69, 9.17) is 4.74 Å². The van der Waals surface area contributed by atoms with Crippen molar-refractivity contribution >= 4 is 11.8 Å². The fraction of sp³-hybridized carbons (Fsp3) is 0.600. The Morgan fingerprint density at radius 2 is 2.05 bits per heavy atom. The van der Waals surface area contributed by atoms with Crippen molar-refractivity contribution < 1.29 is 24.5 Å². The van der Waals surface area contributed by atoms with Crippen molar-refractivity contribution in [2.75, 3.05) is 0 Å². The Morgan fingerprint density at radius 3 is 2.70 bits per heavy atom. The third-order valence-electron chi connectivity index (χ3n) is 5.43. The van der Waals surface area contributed by atoms with Gasteiger partial charge in [-0.25, -0.2) is 4.79 Å². The molecule has 0 aromatic heterocycles. The number of aliphatic hydroxyl groups is 2. The lowest BCUT2D eigenvalue weighted by Gasteiger charge is -2.54. The molecule has 2 aliphatic carbocycles. The molecule has 0 spiro atoms. The third-order valence-corrected chi connectivity index (χ3v) is 5.43. The highest BCUT2D eigenvalue weighted by molar-refractivity contribution is 5.97. The highest BCUT2D eigenvalue weighted by Crippen LogP contribution is 2.56. The largest absolute Gasteiger partial charge is 0.423 e. The van der Waals surface area contributed by atoms with Crippen LogP contribution in [0.3, 0.4) is 0 Å². The summed E-state index contributed by atoms with van der Waals surface area (Å²) >= 11 is 0. The van der Waals surface area contributed by atoms with Crippen molar-refractivity contribution in [2.24, 2.45) is 11.3 Å². The highest BCUT2D eigenvalue weighted by Gasteiger charge is 2.64. The summed E-state index contributed by atoms with van der Waals surface area (Å²) in [5.41, 5.74) is -2.08. The maximum absolute atomic E-state index is 12.2. The Bertz CT molecular complexity index is 587. The first-order chi connectivity index (χ1) is 9.23. The van der Waals surface area contributed by atoms with Crippen LogP contribution in [0.25, 0.3) is 0 Å². The van der Waals surface area contributed by atoms with Gasteiger partial charge in [-0.1, -0.05) is 13.8 Å². The highest BCUT2D eigenvalue weighted by atomic mass is 16.5. The molecule has 0 amide bonds. The topological polar surface area (TPSA) is 83.8 Å². The van der Waals surface area contributed by atoms with Gasteiger partial charge in [0, 0.05) is 23.0 Å². The van der Waals surface area contributed by atoms with Gasteiger partial charge >= 0.3 is 5.97 Å². The van der Waals surface area contributed by atoms with Gasteiger partial charge in [-0.05, 0) is 25.3 Å².